The van der Waals surface area contributed by atoms with E-state index >= 15 is 0 Å². The van der Waals surface area contributed by atoms with Gasteiger partial charge in [0, 0.05) is 5.69 Å². The van der Waals surface area contributed by atoms with Crippen molar-refractivity contribution in [3.63, 3.8) is 0 Å². The topological polar surface area (TPSA) is 63.4 Å². The minimum absolute atomic E-state index is 0.145. The van der Waals surface area contributed by atoms with Crippen molar-refractivity contribution >= 4 is 28.6 Å². The van der Waals surface area contributed by atoms with Gasteiger partial charge < -0.3 is 5.73 Å². The average Bonchev–Trinajstić information content (AvgIpc) is 2.53. The maximum Gasteiger partial charge on any atom is 0.289 e. The van der Waals surface area contributed by atoms with Gasteiger partial charge in [-0.3, -0.25) is 14.5 Å². The minimum atomic E-state index is -0.191. The van der Waals surface area contributed by atoms with Gasteiger partial charge in [-0.15, -0.1) is 0 Å². The van der Waals surface area contributed by atoms with Gasteiger partial charge in [0.15, 0.2) is 0 Å². The summed E-state index contributed by atoms with van der Waals surface area (Å²) in [4.78, 5) is 23.9. The molecule has 1 aliphatic heterocycles. The molecule has 1 aliphatic rings. The second kappa shape index (κ2) is 3.94. The largest absolute Gasteiger partial charge is 0.398 e. The van der Waals surface area contributed by atoms with Crippen LogP contribution in [0.15, 0.2) is 24.3 Å². The van der Waals surface area contributed by atoms with Crippen molar-refractivity contribution < 1.29 is 9.59 Å². The molecule has 2 rings (SSSR count). The predicted octanol–water partition coefficient (Wildman–Crippen LogP) is 1.46. The van der Waals surface area contributed by atoms with Gasteiger partial charge in [0.05, 0.1) is 12.3 Å². The number of nitrogens with zero attached hydrogens (tertiary/aromatic N) is 1. The zero-order chi connectivity index (χ0) is 10.8. The monoisotopic (exact) mass is 222 g/mol. The molecule has 5 heteroatoms. The number of thioether (sulfide) groups is 1. The van der Waals surface area contributed by atoms with Gasteiger partial charge in [-0.1, -0.05) is 30.0 Å². The number of carbonyl (C=O) groups excluding carboxylic acids is 2. The molecule has 1 fully saturated rings. The summed E-state index contributed by atoms with van der Waals surface area (Å²) < 4.78 is 0. The number of nitrogen functional groups attached to an aromatic ring is 1. The third-order valence-electron chi connectivity index (χ3n) is 2.22. The van der Waals surface area contributed by atoms with Gasteiger partial charge in [0.1, 0.15) is 0 Å². The predicted molar refractivity (Wildman–Crippen MR) is 59.3 cm³/mol. The van der Waals surface area contributed by atoms with Gasteiger partial charge in [0.2, 0.25) is 5.91 Å². The van der Waals surface area contributed by atoms with Crippen LogP contribution in [0.2, 0.25) is 0 Å². The van der Waals surface area contributed by atoms with Crippen LogP contribution in [0, 0.1) is 0 Å². The highest BCUT2D eigenvalue weighted by Crippen LogP contribution is 2.22. The van der Waals surface area contributed by atoms with Crippen molar-refractivity contribution in [3.8, 4) is 0 Å². The lowest BCUT2D eigenvalue weighted by atomic mass is 10.2. The van der Waals surface area contributed by atoms with Crippen LogP contribution in [0.4, 0.5) is 10.5 Å². The summed E-state index contributed by atoms with van der Waals surface area (Å²) in [6.45, 7) is 0.275. The number of hydrogen-bond acceptors (Lipinski definition) is 4. The number of carbonyl (C=O) groups is 2. The zero-order valence-corrected chi connectivity index (χ0v) is 8.79. The van der Waals surface area contributed by atoms with Gasteiger partial charge in [-0.25, -0.2) is 0 Å². The summed E-state index contributed by atoms with van der Waals surface area (Å²) >= 11 is 1.04. The van der Waals surface area contributed by atoms with Crippen molar-refractivity contribution in [1.82, 2.24) is 4.90 Å². The standard InChI is InChI=1S/C10H10N2O2S/c11-8-4-2-1-3-7(8)5-12-9(13)6-15-10(12)14/h1-4H,5-6,11H2. The Kier molecular flexibility index (Phi) is 2.64. The summed E-state index contributed by atoms with van der Waals surface area (Å²) in [5.74, 6) is 0.0965. The van der Waals surface area contributed by atoms with Crippen LogP contribution in [0.3, 0.4) is 0 Å². The molecule has 2 N–H and O–H groups in total. The molecule has 0 radical (unpaired) electrons. The molecule has 0 spiro atoms. The average molecular weight is 222 g/mol. The highest BCUT2D eigenvalue weighted by Gasteiger charge is 2.29. The molecule has 1 aromatic carbocycles. The lowest BCUT2D eigenvalue weighted by molar-refractivity contribution is -0.125. The normalized spacial score (nSPS) is 16.1. The summed E-state index contributed by atoms with van der Waals surface area (Å²) in [6.07, 6.45) is 0. The molecule has 1 aromatic rings. The zero-order valence-electron chi connectivity index (χ0n) is 7.97. The molecule has 0 saturated carbocycles. The van der Waals surface area contributed by atoms with E-state index in [1.165, 1.54) is 4.90 Å². The van der Waals surface area contributed by atoms with Crippen LogP contribution >= 0.6 is 11.8 Å². The van der Waals surface area contributed by atoms with Crippen LogP contribution in [-0.2, 0) is 11.3 Å². The SMILES string of the molecule is Nc1ccccc1CN1C(=O)CSC1=O. The van der Waals surface area contributed by atoms with E-state index in [1.807, 2.05) is 18.2 Å². The molecule has 78 valence electrons. The number of benzene rings is 1. The number of rotatable bonds is 2. The Labute approximate surface area is 91.4 Å². The van der Waals surface area contributed by atoms with Crippen LogP contribution in [0.5, 0.6) is 0 Å². The molecule has 0 atom stereocenters. The number of anilines is 1. The molecule has 1 saturated heterocycles. The molecule has 0 unspecified atom stereocenters. The van der Waals surface area contributed by atoms with Crippen molar-refractivity contribution in [2.75, 3.05) is 11.5 Å². The fourth-order valence-electron chi connectivity index (χ4n) is 1.38. The molecule has 2 amide bonds. The van der Waals surface area contributed by atoms with Gasteiger partial charge in [0.25, 0.3) is 5.24 Å². The highest BCUT2D eigenvalue weighted by molar-refractivity contribution is 8.14. The fourth-order valence-corrected chi connectivity index (χ4v) is 2.11. The summed E-state index contributed by atoms with van der Waals surface area (Å²) in [5.41, 5.74) is 7.15. The number of amides is 2. The van der Waals surface area contributed by atoms with E-state index in [0.29, 0.717) is 5.69 Å². The number of nitrogens with two attached hydrogens (primary N) is 1. The maximum atomic E-state index is 11.3. The molecule has 4 nitrogen and oxygen atoms in total. The molecule has 0 aliphatic carbocycles. The van der Waals surface area contributed by atoms with Gasteiger partial charge >= 0.3 is 0 Å². The lowest BCUT2D eigenvalue weighted by Crippen LogP contribution is -2.28. The van der Waals surface area contributed by atoms with E-state index in [9.17, 15) is 9.59 Å². The minimum Gasteiger partial charge on any atom is -0.398 e. The molecule has 0 aromatic heterocycles. The van der Waals surface area contributed by atoms with E-state index in [0.717, 1.165) is 17.3 Å². The Bertz CT molecular complexity index is 404. The van der Waals surface area contributed by atoms with E-state index in [2.05, 4.69) is 0 Å². The van der Waals surface area contributed by atoms with E-state index in [-0.39, 0.29) is 23.4 Å². The second-order valence-electron chi connectivity index (χ2n) is 3.23. The second-order valence-corrected chi connectivity index (χ2v) is 4.16. The Morgan fingerprint density at radius 2 is 2.07 bits per heavy atom. The quantitative estimate of drug-likeness (QED) is 0.769. The van der Waals surface area contributed by atoms with Gasteiger partial charge in [-0.2, -0.15) is 0 Å². The Balaban J connectivity index is 2.18. The first-order chi connectivity index (χ1) is 7.18. The first-order valence-corrected chi connectivity index (χ1v) is 5.47. The summed E-state index contributed by atoms with van der Waals surface area (Å²) in [5, 5.41) is -0.191. The Hall–Kier alpha value is -1.49. The molecular weight excluding hydrogens is 212 g/mol. The van der Waals surface area contributed by atoms with Crippen molar-refractivity contribution in [3.05, 3.63) is 29.8 Å². The molecule has 15 heavy (non-hydrogen) atoms. The number of imide groups is 1. The van der Waals surface area contributed by atoms with E-state index in [1.54, 1.807) is 6.07 Å². The van der Waals surface area contributed by atoms with E-state index in [4.69, 9.17) is 5.73 Å². The number of para-hydroxylation sites is 1. The van der Waals surface area contributed by atoms with Crippen LogP contribution in [0.25, 0.3) is 0 Å². The summed E-state index contributed by atoms with van der Waals surface area (Å²) in [7, 11) is 0. The van der Waals surface area contributed by atoms with Gasteiger partial charge in [-0.05, 0) is 11.6 Å². The first kappa shape index (κ1) is 10.0. The lowest BCUT2D eigenvalue weighted by Gasteiger charge is -2.13. The van der Waals surface area contributed by atoms with Crippen molar-refractivity contribution in [1.29, 1.82) is 0 Å². The van der Waals surface area contributed by atoms with Crippen molar-refractivity contribution in [2.24, 2.45) is 0 Å². The smallest absolute Gasteiger partial charge is 0.289 e. The van der Waals surface area contributed by atoms with Crippen molar-refractivity contribution in [2.45, 2.75) is 6.54 Å². The van der Waals surface area contributed by atoms with Crippen LogP contribution < -0.4 is 5.73 Å². The first-order valence-electron chi connectivity index (χ1n) is 4.49. The van der Waals surface area contributed by atoms with Crippen LogP contribution in [0.1, 0.15) is 5.56 Å². The molecule has 1 heterocycles. The molecule has 0 bridgehead atoms. The number of hydrogen-bond donors (Lipinski definition) is 1. The Morgan fingerprint density at radius 3 is 2.67 bits per heavy atom. The third kappa shape index (κ3) is 1.97. The summed E-state index contributed by atoms with van der Waals surface area (Å²) in [6, 6.07) is 7.23. The fraction of sp³-hybridized carbons (Fsp3) is 0.200. The molecular formula is C10H10N2O2S. The highest BCUT2D eigenvalue weighted by atomic mass is 32.2. The maximum absolute atomic E-state index is 11.3. The van der Waals surface area contributed by atoms with Crippen LogP contribution in [-0.4, -0.2) is 21.8 Å². The Morgan fingerprint density at radius 1 is 1.33 bits per heavy atom. The van der Waals surface area contributed by atoms with E-state index < -0.39 is 0 Å². The third-order valence-corrected chi connectivity index (χ3v) is 3.08.